The van der Waals surface area contributed by atoms with E-state index in [2.05, 4.69) is 22.3 Å². The number of carbonyl (C=O) groups excluding carboxylic acids is 1. The first-order valence-corrected chi connectivity index (χ1v) is 10.8. The molecule has 0 saturated carbocycles. The molecule has 1 fully saturated rings. The third-order valence-electron chi connectivity index (χ3n) is 4.75. The maximum atomic E-state index is 12.3. The van der Waals surface area contributed by atoms with Gasteiger partial charge in [-0.2, -0.15) is 0 Å². The Kier molecular flexibility index (Phi) is 6.59. The van der Waals surface area contributed by atoms with Gasteiger partial charge in [0.1, 0.15) is 5.03 Å². The number of hydrogen-bond donors (Lipinski definition) is 1. The Hall–Kier alpha value is -2.64. The number of aromatic nitrogens is 2. The van der Waals surface area contributed by atoms with Gasteiger partial charge in [0.2, 0.25) is 5.91 Å². The van der Waals surface area contributed by atoms with Gasteiger partial charge in [-0.25, -0.2) is 9.97 Å². The molecule has 1 aliphatic heterocycles. The van der Waals surface area contributed by atoms with E-state index in [4.69, 9.17) is 14.7 Å². The SMILES string of the molecule is O=C(CSc1nc2ccccc2nc1N1CCOCC1)NCCc1ccccc1. The lowest BCUT2D eigenvalue weighted by Crippen LogP contribution is -2.37. The number of morpholine rings is 1. The van der Waals surface area contributed by atoms with E-state index in [-0.39, 0.29) is 5.91 Å². The van der Waals surface area contributed by atoms with Crippen molar-refractivity contribution in [2.24, 2.45) is 0 Å². The third kappa shape index (κ3) is 5.25. The van der Waals surface area contributed by atoms with Crippen molar-refractivity contribution < 1.29 is 9.53 Å². The number of fused-ring (bicyclic) bond motifs is 1. The Bertz CT molecular complexity index is 961. The molecule has 2 aromatic carbocycles. The average molecular weight is 409 g/mol. The predicted molar refractivity (Wildman–Crippen MR) is 116 cm³/mol. The van der Waals surface area contributed by atoms with Crippen LogP contribution in [0.25, 0.3) is 11.0 Å². The van der Waals surface area contributed by atoms with E-state index >= 15 is 0 Å². The normalized spacial score (nSPS) is 14.1. The molecule has 29 heavy (non-hydrogen) atoms. The molecule has 1 amide bonds. The molecule has 150 valence electrons. The average Bonchev–Trinajstić information content (AvgIpc) is 2.78. The van der Waals surface area contributed by atoms with E-state index in [1.54, 1.807) is 0 Å². The number of para-hydroxylation sites is 2. The first kappa shape index (κ1) is 19.7. The highest BCUT2D eigenvalue weighted by molar-refractivity contribution is 8.00. The molecule has 0 radical (unpaired) electrons. The molecule has 0 atom stereocenters. The largest absolute Gasteiger partial charge is 0.378 e. The summed E-state index contributed by atoms with van der Waals surface area (Å²) in [6.45, 7) is 3.55. The standard InChI is InChI=1S/C22H24N4O2S/c27-20(23-11-10-17-6-2-1-3-7-17)16-29-22-21(26-12-14-28-15-13-26)24-18-8-4-5-9-19(18)25-22/h1-9H,10-16H2,(H,23,27). The van der Waals surface area contributed by atoms with Crippen LogP contribution in [0.2, 0.25) is 0 Å². The van der Waals surface area contributed by atoms with Crippen molar-refractivity contribution in [1.29, 1.82) is 0 Å². The molecular weight excluding hydrogens is 384 g/mol. The number of benzene rings is 2. The Morgan fingerprint density at radius 1 is 1.00 bits per heavy atom. The Morgan fingerprint density at radius 2 is 1.69 bits per heavy atom. The van der Waals surface area contributed by atoms with Crippen LogP contribution in [0.1, 0.15) is 5.56 Å². The van der Waals surface area contributed by atoms with Crippen LogP contribution >= 0.6 is 11.8 Å². The quantitative estimate of drug-likeness (QED) is 0.607. The lowest BCUT2D eigenvalue weighted by atomic mass is 10.1. The summed E-state index contributed by atoms with van der Waals surface area (Å²) in [6.07, 6.45) is 0.825. The van der Waals surface area contributed by atoms with Crippen LogP contribution in [0.3, 0.4) is 0 Å². The second-order valence-electron chi connectivity index (χ2n) is 6.81. The van der Waals surface area contributed by atoms with Crippen LogP contribution in [0.5, 0.6) is 0 Å². The first-order valence-electron chi connectivity index (χ1n) is 9.82. The molecular formula is C22H24N4O2S. The van der Waals surface area contributed by atoms with Crippen LogP contribution in [0, 0.1) is 0 Å². The van der Waals surface area contributed by atoms with Crippen molar-refractivity contribution >= 4 is 34.5 Å². The molecule has 6 nitrogen and oxygen atoms in total. The zero-order valence-electron chi connectivity index (χ0n) is 16.2. The van der Waals surface area contributed by atoms with Crippen LogP contribution in [-0.4, -0.2) is 54.5 Å². The Labute approximate surface area is 174 Å². The second kappa shape index (κ2) is 9.71. The minimum Gasteiger partial charge on any atom is -0.378 e. The van der Waals surface area contributed by atoms with Gasteiger partial charge in [0.25, 0.3) is 0 Å². The van der Waals surface area contributed by atoms with Crippen molar-refractivity contribution in [3.05, 3.63) is 60.2 Å². The highest BCUT2D eigenvalue weighted by Crippen LogP contribution is 2.29. The molecule has 0 aliphatic carbocycles. The number of carbonyl (C=O) groups is 1. The van der Waals surface area contributed by atoms with E-state index < -0.39 is 0 Å². The summed E-state index contributed by atoms with van der Waals surface area (Å²) in [5.74, 6) is 1.17. The van der Waals surface area contributed by atoms with Gasteiger partial charge in [0.15, 0.2) is 5.82 Å². The zero-order valence-corrected chi connectivity index (χ0v) is 17.0. The van der Waals surface area contributed by atoms with Crippen LogP contribution < -0.4 is 10.2 Å². The molecule has 0 unspecified atom stereocenters. The molecule has 0 bridgehead atoms. The van der Waals surface area contributed by atoms with Crippen LogP contribution in [-0.2, 0) is 16.0 Å². The summed E-state index contributed by atoms with van der Waals surface area (Å²) < 4.78 is 5.47. The smallest absolute Gasteiger partial charge is 0.230 e. The zero-order chi connectivity index (χ0) is 19.9. The molecule has 0 spiro atoms. The Morgan fingerprint density at radius 3 is 2.45 bits per heavy atom. The topological polar surface area (TPSA) is 67.4 Å². The van der Waals surface area contributed by atoms with Gasteiger partial charge < -0.3 is 15.0 Å². The van der Waals surface area contributed by atoms with Crippen molar-refractivity contribution in [2.45, 2.75) is 11.4 Å². The summed E-state index contributed by atoms with van der Waals surface area (Å²) in [6, 6.07) is 18.0. The van der Waals surface area contributed by atoms with E-state index in [0.717, 1.165) is 41.4 Å². The predicted octanol–water partition coefficient (Wildman–Crippen LogP) is 2.92. The highest BCUT2D eigenvalue weighted by Gasteiger charge is 2.19. The number of amides is 1. The number of anilines is 1. The maximum absolute atomic E-state index is 12.3. The third-order valence-corrected chi connectivity index (χ3v) is 5.70. The van der Waals surface area contributed by atoms with Gasteiger partial charge >= 0.3 is 0 Å². The summed E-state index contributed by atoms with van der Waals surface area (Å²) in [5.41, 5.74) is 2.93. The summed E-state index contributed by atoms with van der Waals surface area (Å²) >= 11 is 1.44. The van der Waals surface area contributed by atoms with Crippen LogP contribution in [0.15, 0.2) is 59.6 Å². The van der Waals surface area contributed by atoms with Gasteiger partial charge in [-0.05, 0) is 24.1 Å². The monoisotopic (exact) mass is 408 g/mol. The first-order chi connectivity index (χ1) is 14.3. The minimum atomic E-state index is 0.00816. The molecule has 3 aromatic rings. The molecule has 7 heteroatoms. The van der Waals surface area contributed by atoms with Crippen LogP contribution in [0.4, 0.5) is 5.82 Å². The van der Waals surface area contributed by atoms with Crippen molar-refractivity contribution in [3.8, 4) is 0 Å². The number of hydrogen-bond acceptors (Lipinski definition) is 6. The fourth-order valence-corrected chi connectivity index (χ4v) is 4.07. The van der Waals surface area contributed by atoms with Gasteiger partial charge in [-0.1, -0.05) is 54.2 Å². The molecule has 2 heterocycles. The van der Waals surface area contributed by atoms with E-state index in [1.807, 2.05) is 42.5 Å². The van der Waals surface area contributed by atoms with E-state index in [9.17, 15) is 4.79 Å². The molecule has 4 rings (SSSR count). The Balaban J connectivity index is 1.41. The van der Waals surface area contributed by atoms with Crippen molar-refractivity contribution in [2.75, 3.05) is 43.5 Å². The lowest BCUT2D eigenvalue weighted by molar-refractivity contribution is -0.118. The van der Waals surface area contributed by atoms with E-state index in [0.29, 0.717) is 25.5 Å². The maximum Gasteiger partial charge on any atom is 0.230 e. The fraction of sp³-hybridized carbons (Fsp3) is 0.318. The molecule has 1 aromatic heterocycles. The van der Waals surface area contributed by atoms with Gasteiger partial charge in [-0.3, -0.25) is 4.79 Å². The number of rotatable bonds is 7. The van der Waals surface area contributed by atoms with Gasteiger partial charge in [0, 0.05) is 19.6 Å². The number of thioether (sulfide) groups is 1. The highest BCUT2D eigenvalue weighted by atomic mass is 32.2. The van der Waals surface area contributed by atoms with Gasteiger partial charge in [-0.15, -0.1) is 0 Å². The number of nitrogens with one attached hydrogen (secondary N) is 1. The lowest BCUT2D eigenvalue weighted by Gasteiger charge is -2.29. The van der Waals surface area contributed by atoms with Crippen molar-refractivity contribution in [3.63, 3.8) is 0 Å². The van der Waals surface area contributed by atoms with Crippen molar-refractivity contribution in [1.82, 2.24) is 15.3 Å². The van der Waals surface area contributed by atoms with Gasteiger partial charge in [0.05, 0.1) is 30.0 Å². The molecule has 1 aliphatic rings. The molecule has 1 N–H and O–H groups in total. The number of nitrogens with zero attached hydrogens (tertiary/aromatic N) is 3. The second-order valence-corrected chi connectivity index (χ2v) is 7.78. The minimum absolute atomic E-state index is 0.00816. The van der Waals surface area contributed by atoms with E-state index in [1.165, 1.54) is 17.3 Å². The summed E-state index contributed by atoms with van der Waals surface area (Å²) in [7, 11) is 0. The number of ether oxygens (including phenoxy) is 1. The fourth-order valence-electron chi connectivity index (χ4n) is 3.23. The molecule has 1 saturated heterocycles. The summed E-state index contributed by atoms with van der Waals surface area (Å²) in [5, 5.41) is 3.79. The summed E-state index contributed by atoms with van der Waals surface area (Å²) in [4.78, 5) is 24.2.